The van der Waals surface area contributed by atoms with Gasteiger partial charge in [-0.25, -0.2) is 0 Å². The molecule has 0 saturated heterocycles. The van der Waals surface area contributed by atoms with E-state index in [-0.39, 0.29) is 11.2 Å². The zero-order valence-electron chi connectivity index (χ0n) is 5.81. The summed E-state index contributed by atoms with van der Waals surface area (Å²) < 4.78 is 33.2. The Hall–Kier alpha value is 0.610. The van der Waals surface area contributed by atoms with E-state index in [0.717, 1.165) is 19.3 Å². The summed E-state index contributed by atoms with van der Waals surface area (Å²) in [6.45, 7) is 0. The smallest absolute Gasteiger partial charge is 0.195 e. The van der Waals surface area contributed by atoms with E-state index in [1.165, 1.54) is 0 Å². The average molecular weight is 290 g/mol. The van der Waals surface area contributed by atoms with Crippen molar-refractivity contribution in [3.63, 3.8) is 0 Å². The molecular weight excluding hydrogens is 282 g/mol. The van der Waals surface area contributed by atoms with Crippen molar-refractivity contribution in [1.82, 2.24) is 0 Å². The molecule has 0 aromatic heterocycles. The molecule has 3 fully saturated rings. The van der Waals surface area contributed by atoms with Crippen LogP contribution < -0.4 is 0 Å². The van der Waals surface area contributed by atoms with Crippen LogP contribution in [0.3, 0.4) is 0 Å². The molecule has 0 amide bonds. The molecular formula is C6H8FIO2S. The van der Waals surface area contributed by atoms with Gasteiger partial charge in [0.1, 0.15) is 0 Å². The summed E-state index contributed by atoms with van der Waals surface area (Å²) in [5, 5.41) is 0. The lowest BCUT2D eigenvalue weighted by molar-refractivity contribution is -0.0401. The Morgan fingerprint density at radius 1 is 1.36 bits per heavy atom. The summed E-state index contributed by atoms with van der Waals surface area (Å²) in [5.74, 6) is -0.245. The normalized spacial score (nSPS) is 47.8. The van der Waals surface area contributed by atoms with Crippen LogP contribution in [0.2, 0.25) is 0 Å². The van der Waals surface area contributed by atoms with Crippen LogP contribution in [0.4, 0.5) is 3.89 Å². The predicted octanol–water partition coefficient (Wildman–Crippen LogP) is 1.64. The lowest BCUT2D eigenvalue weighted by atomic mass is 9.45. The Morgan fingerprint density at radius 3 is 2.09 bits per heavy atom. The van der Waals surface area contributed by atoms with Gasteiger partial charge in [-0.2, -0.15) is 8.42 Å². The van der Waals surface area contributed by atoms with Gasteiger partial charge >= 0.3 is 10.2 Å². The van der Waals surface area contributed by atoms with Gasteiger partial charge in [-0.1, -0.05) is 22.6 Å². The number of hydrogen-bond donors (Lipinski definition) is 0. The summed E-state index contributed by atoms with van der Waals surface area (Å²) in [6.07, 6.45) is 2.68. The Morgan fingerprint density at radius 2 is 1.82 bits per heavy atom. The monoisotopic (exact) mass is 290 g/mol. The first-order valence-electron chi connectivity index (χ1n) is 3.44. The SMILES string of the molecule is O=S(=O)(F)CC12CC(I)(C1)C2. The zero-order valence-corrected chi connectivity index (χ0v) is 8.78. The van der Waals surface area contributed by atoms with Crippen molar-refractivity contribution in [3.8, 4) is 0 Å². The quantitative estimate of drug-likeness (QED) is 0.440. The maximum Gasteiger partial charge on any atom is 0.302 e. The maximum atomic E-state index is 12.2. The third-order valence-electron chi connectivity index (χ3n) is 2.55. The van der Waals surface area contributed by atoms with Gasteiger partial charge < -0.3 is 0 Å². The van der Waals surface area contributed by atoms with Crippen molar-refractivity contribution in [2.75, 3.05) is 5.75 Å². The molecule has 64 valence electrons. The minimum Gasteiger partial charge on any atom is -0.195 e. The summed E-state index contributed by atoms with van der Waals surface area (Å²) in [5.41, 5.74) is -0.158. The third-order valence-corrected chi connectivity index (χ3v) is 4.66. The van der Waals surface area contributed by atoms with Gasteiger partial charge in [0, 0.05) is 3.42 Å². The highest BCUT2D eigenvalue weighted by Gasteiger charge is 2.67. The molecule has 0 spiro atoms. The molecule has 3 aliphatic rings. The highest BCUT2D eigenvalue weighted by molar-refractivity contribution is 14.1. The van der Waals surface area contributed by atoms with E-state index < -0.39 is 10.2 Å². The molecule has 0 heterocycles. The maximum absolute atomic E-state index is 12.2. The van der Waals surface area contributed by atoms with Gasteiger partial charge in [0.15, 0.2) is 0 Å². The van der Waals surface area contributed by atoms with E-state index in [4.69, 9.17) is 0 Å². The summed E-state index contributed by atoms with van der Waals surface area (Å²) in [7, 11) is -4.23. The molecule has 0 unspecified atom stereocenters. The van der Waals surface area contributed by atoms with Gasteiger partial charge in [0.05, 0.1) is 5.75 Å². The summed E-state index contributed by atoms with van der Waals surface area (Å²) in [6, 6.07) is 0. The standard InChI is InChI=1S/C6H8FIO2S/c7-11(9,10)4-5-1-6(8,2-5)3-5/h1-4H2. The fourth-order valence-electron chi connectivity index (χ4n) is 2.38. The van der Waals surface area contributed by atoms with Crippen molar-refractivity contribution >= 4 is 32.8 Å². The van der Waals surface area contributed by atoms with Gasteiger partial charge in [-0.05, 0) is 24.7 Å². The number of hydrogen-bond acceptors (Lipinski definition) is 2. The Kier molecular flexibility index (Phi) is 1.43. The second-order valence-electron chi connectivity index (χ2n) is 3.86. The molecule has 2 nitrogen and oxygen atoms in total. The largest absolute Gasteiger partial charge is 0.302 e. The molecule has 0 aromatic rings. The second kappa shape index (κ2) is 1.92. The summed E-state index contributed by atoms with van der Waals surface area (Å²) in [4.78, 5) is 0. The molecule has 0 aliphatic heterocycles. The van der Waals surface area contributed by atoms with Crippen molar-refractivity contribution < 1.29 is 12.3 Å². The van der Waals surface area contributed by atoms with E-state index in [9.17, 15) is 12.3 Å². The van der Waals surface area contributed by atoms with Crippen LogP contribution in [0.15, 0.2) is 0 Å². The highest BCUT2D eigenvalue weighted by atomic mass is 127. The number of rotatable bonds is 2. The van der Waals surface area contributed by atoms with Gasteiger partial charge in [0.25, 0.3) is 0 Å². The van der Waals surface area contributed by atoms with E-state index >= 15 is 0 Å². The molecule has 11 heavy (non-hydrogen) atoms. The zero-order chi connectivity index (χ0) is 8.33. The predicted molar refractivity (Wildman–Crippen MR) is 47.9 cm³/mol. The number of alkyl halides is 1. The van der Waals surface area contributed by atoms with Gasteiger partial charge in [-0.3, -0.25) is 0 Å². The molecule has 2 bridgehead atoms. The van der Waals surface area contributed by atoms with Crippen LogP contribution in [-0.4, -0.2) is 17.6 Å². The third kappa shape index (κ3) is 1.30. The Balaban J connectivity index is 2.02. The first-order chi connectivity index (χ1) is 4.83. The van der Waals surface area contributed by atoms with E-state index in [0.29, 0.717) is 3.42 Å². The minimum atomic E-state index is -4.23. The Labute approximate surface area is 78.9 Å². The molecule has 3 rings (SSSR count). The topological polar surface area (TPSA) is 34.1 Å². The van der Waals surface area contributed by atoms with Crippen molar-refractivity contribution in [2.24, 2.45) is 5.41 Å². The van der Waals surface area contributed by atoms with Crippen molar-refractivity contribution in [2.45, 2.75) is 22.7 Å². The van der Waals surface area contributed by atoms with Crippen molar-refractivity contribution in [1.29, 1.82) is 0 Å². The van der Waals surface area contributed by atoms with Gasteiger partial charge in [0.2, 0.25) is 0 Å². The average Bonchev–Trinajstić information content (AvgIpc) is 1.53. The molecule has 0 radical (unpaired) electrons. The molecule has 0 atom stereocenters. The lowest BCUT2D eigenvalue weighted by Gasteiger charge is -2.67. The lowest BCUT2D eigenvalue weighted by Crippen LogP contribution is -2.65. The van der Waals surface area contributed by atoms with Crippen LogP contribution in [0.25, 0.3) is 0 Å². The van der Waals surface area contributed by atoms with Gasteiger partial charge in [-0.15, -0.1) is 3.89 Å². The minimum absolute atomic E-state index is 0.158. The first kappa shape index (κ1) is 8.22. The van der Waals surface area contributed by atoms with E-state index in [1.807, 2.05) is 0 Å². The van der Waals surface area contributed by atoms with Crippen LogP contribution in [0.1, 0.15) is 19.3 Å². The van der Waals surface area contributed by atoms with Crippen LogP contribution in [0.5, 0.6) is 0 Å². The van der Waals surface area contributed by atoms with Crippen LogP contribution >= 0.6 is 22.6 Å². The fraction of sp³-hybridized carbons (Fsp3) is 1.00. The first-order valence-corrected chi connectivity index (χ1v) is 6.07. The molecule has 0 aromatic carbocycles. The second-order valence-corrected chi connectivity index (χ2v) is 7.52. The molecule has 3 saturated carbocycles. The van der Waals surface area contributed by atoms with E-state index in [2.05, 4.69) is 22.6 Å². The molecule has 5 heteroatoms. The number of halogens is 2. The van der Waals surface area contributed by atoms with Crippen molar-refractivity contribution in [3.05, 3.63) is 0 Å². The fourth-order valence-corrected chi connectivity index (χ4v) is 5.84. The molecule has 0 N–H and O–H groups in total. The highest BCUT2D eigenvalue weighted by Crippen LogP contribution is 2.72. The van der Waals surface area contributed by atoms with Crippen LogP contribution in [-0.2, 0) is 10.2 Å². The molecule has 3 aliphatic carbocycles. The summed E-state index contributed by atoms with van der Waals surface area (Å²) >= 11 is 2.34. The Bertz CT molecular complexity index is 278. The van der Waals surface area contributed by atoms with E-state index in [1.54, 1.807) is 0 Å². The van der Waals surface area contributed by atoms with Crippen LogP contribution in [0, 0.1) is 5.41 Å².